The quantitative estimate of drug-likeness (QED) is 0.785. The van der Waals surface area contributed by atoms with Crippen LogP contribution in [-0.2, 0) is 0 Å². The van der Waals surface area contributed by atoms with E-state index < -0.39 is 0 Å². The smallest absolute Gasteiger partial charge is 0.274 e. The summed E-state index contributed by atoms with van der Waals surface area (Å²) in [6.07, 6.45) is 0. The standard InChI is InChI=1S/C12H14N2O2/c1-7(2)14-12(16)10-5-4-9(8(3)15)6-11(10)13-14/h4-7,13H,1-3H3. The van der Waals surface area contributed by atoms with Crippen molar-refractivity contribution in [3.8, 4) is 0 Å². The number of aromatic nitrogens is 2. The molecule has 0 atom stereocenters. The Hall–Kier alpha value is -1.84. The molecule has 84 valence electrons. The molecule has 1 aromatic carbocycles. The largest absolute Gasteiger partial charge is 0.295 e. The number of carbonyl (C=O) groups excluding carboxylic acids is 1. The predicted octanol–water partition coefficient (Wildman–Crippen LogP) is 2.11. The molecule has 2 aromatic rings. The highest BCUT2D eigenvalue weighted by molar-refractivity contribution is 5.97. The Bertz CT molecular complexity index is 605. The highest BCUT2D eigenvalue weighted by Gasteiger charge is 2.10. The number of hydrogen-bond acceptors (Lipinski definition) is 2. The van der Waals surface area contributed by atoms with Gasteiger partial charge in [0.25, 0.3) is 5.56 Å². The molecule has 0 unspecified atom stereocenters. The van der Waals surface area contributed by atoms with E-state index in [0.717, 1.165) is 0 Å². The summed E-state index contributed by atoms with van der Waals surface area (Å²) in [5.41, 5.74) is 1.29. The third kappa shape index (κ3) is 1.56. The van der Waals surface area contributed by atoms with Crippen LogP contribution < -0.4 is 5.56 Å². The lowest BCUT2D eigenvalue weighted by Gasteiger charge is -2.03. The Labute approximate surface area is 92.9 Å². The fourth-order valence-corrected chi connectivity index (χ4v) is 1.72. The average molecular weight is 218 g/mol. The highest BCUT2D eigenvalue weighted by Crippen LogP contribution is 2.13. The third-order valence-electron chi connectivity index (χ3n) is 2.63. The third-order valence-corrected chi connectivity index (χ3v) is 2.63. The molecule has 1 heterocycles. The maximum Gasteiger partial charge on any atom is 0.274 e. The fourth-order valence-electron chi connectivity index (χ4n) is 1.72. The van der Waals surface area contributed by atoms with Crippen LogP contribution >= 0.6 is 0 Å². The van der Waals surface area contributed by atoms with Gasteiger partial charge in [-0.25, -0.2) is 4.68 Å². The Morgan fingerprint density at radius 3 is 2.62 bits per heavy atom. The number of hydrogen-bond donors (Lipinski definition) is 1. The number of fused-ring (bicyclic) bond motifs is 1. The van der Waals surface area contributed by atoms with Crippen LogP contribution in [0.2, 0.25) is 0 Å². The molecule has 1 aromatic heterocycles. The molecule has 0 aliphatic carbocycles. The minimum absolute atomic E-state index is 0.0000425. The van der Waals surface area contributed by atoms with Gasteiger partial charge in [0.15, 0.2) is 5.78 Å². The molecule has 0 bridgehead atoms. The predicted molar refractivity (Wildman–Crippen MR) is 62.9 cm³/mol. The molecule has 0 radical (unpaired) electrons. The molecule has 4 heteroatoms. The maximum absolute atomic E-state index is 11.9. The van der Waals surface area contributed by atoms with Gasteiger partial charge in [0.2, 0.25) is 0 Å². The van der Waals surface area contributed by atoms with Crippen molar-refractivity contribution in [2.45, 2.75) is 26.8 Å². The van der Waals surface area contributed by atoms with Gasteiger partial charge in [-0.15, -0.1) is 0 Å². The zero-order valence-electron chi connectivity index (χ0n) is 9.57. The average Bonchev–Trinajstić information content (AvgIpc) is 2.55. The lowest BCUT2D eigenvalue weighted by molar-refractivity contribution is 0.101. The molecule has 1 N–H and O–H groups in total. The zero-order valence-corrected chi connectivity index (χ0v) is 9.57. The van der Waals surface area contributed by atoms with Crippen molar-refractivity contribution in [1.29, 1.82) is 0 Å². The van der Waals surface area contributed by atoms with Crippen LogP contribution in [-0.4, -0.2) is 15.6 Å². The molecule has 0 amide bonds. The molecule has 16 heavy (non-hydrogen) atoms. The van der Waals surface area contributed by atoms with E-state index in [1.165, 1.54) is 6.92 Å². The second kappa shape index (κ2) is 3.63. The first-order chi connectivity index (χ1) is 7.50. The SMILES string of the molecule is CC(=O)c1ccc2c(=O)n(C(C)C)[nH]c2c1. The van der Waals surface area contributed by atoms with E-state index in [1.807, 2.05) is 13.8 Å². The van der Waals surface area contributed by atoms with E-state index >= 15 is 0 Å². The van der Waals surface area contributed by atoms with E-state index in [9.17, 15) is 9.59 Å². The number of nitrogens with one attached hydrogen (secondary N) is 1. The number of Topliss-reactive ketones (excluding diaryl/α,β-unsaturated/α-hetero) is 1. The number of aromatic amines is 1. The van der Waals surface area contributed by atoms with Gasteiger partial charge in [-0.1, -0.05) is 6.07 Å². The molecule has 0 aliphatic heterocycles. The first-order valence-corrected chi connectivity index (χ1v) is 5.26. The van der Waals surface area contributed by atoms with Crippen molar-refractivity contribution >= 4 is 16.7 Å². The van der Waals surface area contributed by atoms with Crippen molar-refractivity contribution in [3.63, 3.8) is 0 Å². The Morgan fingerprint density at radius 2 is 2.06 bits per heavy atom. The summed E-state index contributed by atoms with van der Waals surface area (Å²) in [6.45, 7) is 5.38. The fraction of sp³-hybridized carbons (Fsp3) is 0.333. The lowest BCUT2D eigenvalue weighted by Crippen LogP contribution is -2.18. The molecule has 4 nitrogen and oxygen atoms in total. The van der Waals surface area contributed by atoms with Crippen LogP contribution in [0.1, 0.15) is 37.2 Å². The summed E-state index contributed by atoms with van der Waals surface area (Å²) in [5, 5.41) is 3.63. The molecule has 0 saturated carbocycles. The number of carbonyl (C=O) groups is 1. The zero-order chi connectivity index (χ0) is 11.9. The van der Waals surface area contributed by atoms with Crippen LogP contribution in [0.3, 0.4) is 0 Å². The maximum atomic E-state index is 11.9. The number of nitrogens with zero attached hydrogens (tertiary/aromatic N) is 1. The monoisotopic (exact) mass is 218 g/mol. The first-order valence-electron chi connectivity index (χ1n) is 5.26. The van der Waals surface area contributed by atoms with Crippen molar-refractivity contribution in [3.05, 3.63) is 34.1 Å². The van der Waals surface area contributed by atoms with Crippen LogP contribution in [0.15, 0.2) is 23.0 Å². The van der Waals surface area contributed by atoms with Crippen molar-refractivity contribution in [2.24, 2.45) is 0 Å². The van der Waals surface area contributed by atoms with E-state index in [0.29, 0.717) is 16.5 Å². The van der Waals surface area contributed by atoms with Crippen LogP contribution in [0, 0.1) is 0 Å². The van der Waals surface area contributed by atoms with Gasteiger partial charge in [-0.05, 0) is 32.9 Å². The van der Waals surface area contributed by atoms with Gasteiger partial charge >= 0.3 is 0 Å². The summed E-state index contributed by atoms with van der Waals surface area (Å²) >= 11 is 0. The number of benzene rings is 1. The van der Waals surface area contributed by atoms with Gasteiger partial charge in [0.1, 0.15) is 0 Å². The van der Waals surface area contributed by atoms with Crippen molar-refractivity contribution < 1.29 is 4.79 Å². The molecular weight excluding hydrogens is 204 g/mol. The molecule has 0 spiro atoms. The first kappa shape index (κ1) is 10.7. The van der Waals surface area contributed by atoms with E-state index in [2.05, 4.69) is 5.10 Å². The van der Waals surface area contributed by atoms with Crippen LogP contribution in [0.25, 0.3) is 10.9 Å². The lowest BCUT2D eigenvalue weighted by atomic mass is 10.1. The number of rotatable bonds is 2. The van der Waals surface area contributed by atoms with Crippen LogP contribution in [0.5, 0.6) is 0 Å². The van der Waals surface area contributed by atoms with Gasteiger partial charge < -0.3 is 0 Å². The molecule has 2 rings (SSSR count). The Morgan fingerprint density at radius 1 is 1.38 bits per heavy atom. The number of ketones is 1. The summed E-state index contributed by atoms with van der Waals surface area (Å²) in [5.74, 6) is 0.0000425. The van der Waals surface area contributed by atoms with Crippen LogP contribution in [0.4, 0.5) is 0 Å². The number of H-pyrrole nitrogens is 1. The molecule has 0 fully saturated rings. The van der Waals surface area contributed by atoms with Crippen molar-refractivity contribution in [1.82, 2.24) is 9.78 Å². The van der Waals surface area contributed by atoms with Gasteiger partial charge in [-0.3, -0.25) is 14.7 Å². The summed E-state index contributed by atoms with van der Waals surface area (Å²) in [4.78, 5) is 23.1. The molecule has 0 saturated heterocycles. The molecular formula is C12H14N2O2. The van der Waals surface area contributed by atoms with Crippen molar-refractivity contribution in [2.75, 3.05) is 0 Å². The minimum atomic E-state index is -0.0416. The normalized spacial score (nSPS) is 11.2. The molecule has 0 aliphatic rings. The van der Waals surface area contributed by atoms with E-state index in [-0.39, 0.29) is 17.4 Å². The van der Waals surface area contributed by atoms with Gasteiger partial charge in [0.05, 0.1) is 10.9 Å². The minimum Gasteiger partial charge on any atom is -0.295 e. The summed E-state index contributed by atoms with van der Waals surface area (Å²) in [6, 6.07) is 5.19. The highest BCUT2D eigenvalue weighted by atomic mass is 16.1. The van der Waals surface area contributed by atoms with E-state index in [1.54, 1.807) is 22.9 Å². The second-order valence-electron chi connectivity index (χ2n) is 4.20. The Balaban J connectivity index is 2.72. The Kier molecular flexibility index (Phi) is 2.42. The summed E-state index contributed by atoms with van der Waals surface area (Å²) < 4.78 is 1.56. The topological polar surface area (TPSA) is 54.9 Å². The van der Waals surface area contributed by atoms with Gasteiger partial charge in [-0.2, -0.15) is 0 Å². The van der Waals surface area contributed by atoms with E-state index in [4.69, 9.17) is 0 Å². The van der Waals surface area contributed by atoms with Gasteiger partial charge in [0, 0.05) is 11.6 Å². The summed E-state index contributed by atoms with van der Waals surface area (Å²) in [7, 11) is 0. The second-order valence-corrected chi connectivity index (χ2v) is 4.20.